The minimum atomic E-state index is -0.504. The topological polar surface area (TPSA) is 65.8 Å². The zero-order valence-electron chi connectivity index (χ0n) is 18.1. The summed E-state index contributed by atoms with van der Waals surface area (Å²) in [5, 5.41) is 13.1. The number of carbonyl (C=O) groups excluding carboxylic acids is 1. The smallest absolute Gasteiger partial charge is 0.258 e. The number of hydrogen-bond acceptors (Lipinski definition) is 3. The number of pyridine rings is 1. The van der Waals surface area contributed by atoms with E-state index in [9.17, 15) is 10.1 Å². The fourth-order valence-electron chi connectivity index (χ4n) is 3.27. The van der Waals surface area contributed by atoms with Crippen LogP contribution in [-0.4, -0.2) is 10.9 Å². The molecule has 3 aromatic rings. The van der Waals surface area contributed by atoms with Crippen molar-refractivity contribution in [3.05, 3.63) is 105 Å². The first-order valence-electron chi connectivity index (χ1n) is 10.1. The molecule has 4 nitrogen and oxygen atoms in total. The van der Waals surface area contributed by atoms with E-state index in [-0.39, 0.29) is 15.9 Å². The Labute approximate surface area is 198 Å². The average Bonchev–Trinajstić information content (AvgIpc) is 2.74. The summed E-state index contributed by atoms with van der Waals surface area (Å²) in [4.78, 5) is 16.8. The summed E-state index contributed by atoms with van der Waals surface area (Å²) in [6, 6.07) is 23.3. The molecule has 1 N–H and O–H groups in total. The van der Waals surface area contributed by atoms with Crippen LogP contribution in [0.15, 0.2) is 72.4 Å². The van der Waals surface area contributed by atoms with Gasteiger partial charge in [0.2, 0.25) is 0 Å². The van der Waals surface area contributed by atoms with Gasteiger partial charge < -0.3 is 5.32 Å². The molecule has 6 heteroatoms. The molecule has 3 rings (SSSR count). The van der Waals surface area contributed by atoms with Gasteiger partial charge in [-0.15, -0.1) is 0 Å². The van der Waals surface area contributed by atoms with E-state index < -0.39 is 11.3 Å². The van der Waals surface area contributed by atoms with Crippen molar-refractivity contribution in [3.63, 3.8) is 0 Å². The molecule has 1 amide bonds. The zero-order chi connectivity index (χ0) is 23.3. The highest BCUT2D eigenvalue weighted by molar-refractivity contribution is 6.34. The number of nitrogens with zero attached hydrogens (tertiary/aromatic N) is 2. The number of halogens is 2. The second-order valence-corrected chi connectivity index (χ2v) is 9.14. The predicted molar refractivity (Wildman–Crippen MR) is 129 cm³/mol. The Kier molecular flexibility index (Phi) is 7.35. The van der Waals surface area contributed by atoms with Crippen LogP contribution < -0.4 is 5.32 Å². The first-order chi connectivity index (χ1) is 15.2. The highest BCUT2D eigenvalue weighted by Crippen LogP contribution is 2.31. The number of allylic oxidation sites excluding steroid dienone is 2. The molecule has 0 unspecified atom stereocenters. The van der Waals surface area contributed by atoms with Gasteiger partial charge in [-0.25, -0.2) is 4.98 Å². The number of nitrogens with one attached hydrogen (secondary N) is 1. The molecule has 0 aliphatic heterocycles. The lowest BCUT2D eigenvalue weighted by Gasteiger charge is -2.25. The van der Waals surface area contributed by atoms with Crippen LogP contribution in [0.4, 0.5) is 0 Å². The molecule has 32 heavy (non-hydrogen) atoms. The lowest BCUT2D eigenvalue weighted by molar-refractivity contribution is 0.0958. The van der Waals surface area contributed by atoms with Crippen molar-refractivity contribution in [3.8, 4) is 6.07 Å². The summed E-state index contributed by atoms with van der Waals surface area (Å²) in [6.07, 6.45) is 0.803. The first-order valence-corrected chi connectivity index (χ1v) is 10.9. The van der Waals surface area contributed by atoms with Crippen molar-refractivity contribution in [1.82, 2.24) is 10.3 Å². The van der Waals surface area contributed by atoms with Crippen molar-refractivity contribution in [1.29, 1.82) is 5.26 Å². The molecule has 0 atom stereocenters. The number of amides is 1. The Hall–Kier alpha value is -3.13. The number of hydrogen-bond donors (Lipinski definition) is 1. The summed E-state index contributed by atoms with van der Waals surface area (Å²) in [6.45, 7) is 5.81. The van der Waals surface area contributed by atoms with Crippen molar-refractivity contribution in [2.24, 2.45) is 5.41 Å². The standard InChI is InChI=1S/C26H23Cl2N3O/c1-26(2,3)23(31-25(32)20-13-14-22(27)30-24(20)28)21(16-29)19-11-9-18(10-12-19)15-17-7-5-4-6-8-17/h4-14H,15H2,1-3H3,(H,31,32)/b23-21-. The first kappa shape index (κ1) is 23.5. The summed E-state index contributed by atoms with van der Waals surface area (Å²) in [5.41, 5.74) is 3.67. The van der Waals surface area contributed by atoms with Gasteiger partial charge in [-0.1, -0.05) is 98.6 Å². The number of benzene rings is 2. The third kappa shape index (κ3) is 5.76. The number of carbonyl (C=O) groups is 1. The van der Waals surface area contributed by atoms with Gasteiger partial charge in [-0.3, -0.25) is 4.79 Å². The highest BCUT2D eigenvalue weighted by Gasteiger charge is 2.26. The van der Waals surface area contributed by atoms with Crippen LogP contribution in [0.25, 0.3) is 5.57 Å². The van der Waals surface area contributed by atoms with E-state index in [4.69, 9.17) is 23.2 Å². The van der Waals surface area contributed by atoms with Crippen LogP contribution in [0.2, 0.25) is 10.3 Å². The Bertz CT molecular complexity index is 1190. The van der Waals surface area contributed by atoms with Gasteiger partial charge in [0.1, 0.15) is 16.4 Å². The number of aromatic nitrogens is 1. The summed E-state index contributed by atoms with van der Waals surface area (Å²) in [7, 11) is 0. The van der Waals surface area contributed by atoms with Crippen molar-refractivity contribution in [2.45, 2.75) is 27.2 Å². The van der Waals surface area contributed by atoms with Crippen LogP contribution in [0.3, 0.4) is 0 Å². The fraction of sp³-hybridized carbons (Fsp3) is 0.192. The molecule has 0 saturated carbocycles. The Balaban J connectivity index is 1.94. The normalized spacial score (nSPS) is 12.0. The van der Waals surface area contributed by atoms with E-state index in [0.29, 0.717) is 11.3 Å². The van der Waals surface area contributed by atoms with Crippen LogP contribution in [-0.2, 0) is 6.42 Å². The van der Waals surface area contributed by atoms with Crippen LogP contribution in [0, 0.1) is 16.7 Å². The molecule has 0 spiro atoms. The van der Waals surface area contributed by atoms with E-state index in [1.165, 1.54) is 17.7 Å². The van der Waals surface area contributed by atoms with E-state index in [1.54, 1.807) is 0 Å². The van der Waals surface area contributed by atoms with Crippen LogP contribution in [0.1, 0.15) is 47.8 Å². The minimum absolute atomic E-state index is 0.00651. The Morgan fingerprint density at radius 2 is 1.59 bits per heavy atom. The molecule has 0 radical (unpaired) electrons. The largest absolute Gasteiger partial charge is 0.324 e. The van der Waals surface area contributed by atoms with Gasteiger partial charge >= 0.3 is 0 Å². The van der Waals surface area contributed by atoms with Crippen molar-refractivity contribution >= 4 is 34.7 Å². The Morgan fingerprint density at radius 3 is 2.16 bits per heavy atom. The van der Waals surface area contributed by atoms with E-state index in [1.807, 2.05) is 63.2 Å². The molecule has 0 fully saturated rings. The molecule has 2 aromatic carbocycles. The predicted octanol–water partition coefficient (Wildman–Crippen LogP) is 6.69. The SMILES string of the molecule is CC(C)(C)/C(NC(=O)c1ccc(Cl)nc1Cl)=C(\C#N)c1ccc(Cc2ccccc2)cc1. The maximum atomic E-state index is 12.9. The minimum Gasteiger partial charge on any atom is -0.324 e. The molecular weight excluding hydrogens is 441 g/mol. The van der Waals surface area contributed by atoms with E-state index in [0.717, 1.165) is 17.5 Å². The molecule has 0 aliphatic rings. The third-order valence-corrected chi connectivity index (χ3v) is 5.40. The van der Waals surface area contributed by atoms with E-state index in [2.05, 4.69) is 28.5 Å². The molecule has 0 bridgehead atoms. The lowest BCUT2D eigenvalue weighted by atomic mass is 9.86. The summed E-state index contributed by atoms with van der Waals surface area (Å²) in [5.74, 6) is -0.447. The van der Waals surface area contributed by atoms with Gasteiger partial charge in [0, 0.05) is 11.1 Å². The van der Waals surface area contributed by atoms with Gasteiger partial charge in [0.15, 0.2) is 0 Å². The lowest BCUT2D eigenvalue weighted by Crippen LogP contribution is -2.31. The van der Waals surface area contributed by atoms with Gasteiger partial charge in [-0.05, 0) is 35.2 Å². The molecular formula is C26H23Cl2N3O. The van der Waals surface area contributed by atoms with E-state index >= 15 is 0 Å². The second kappa shape index (κ2) is 9.99. The Morgan fingerprint density at radius 1 is 0.969 bits per heavy atom. The van der Waals surface area contributed by atoms with Gasteiger partial charge in [0.05, 0.1) is 11.1 Å². The van der Waals surface area contributed by atoms with Crippen LogP contribution in [0.5, 0.6) is 0 Å². The van der Waals surface area contributed by atoms with Crippen molar-refractivity contribution in [2.75, 3.05) is 0 Å². The quantitative estimate of drug-likeness (QED) is 0.338. The zero-order valence-corrected chi connectivity index (χ0v) is 19.6. The van der Waals surface area contributed by atoms with Gasteiger partial charge in [0.25, 0.3) is 5.91 Å². The maximum absolute atomic E-state index is 12.9. The monoisotopic (exact) mass is 463 g/mol. The molecule has 1 heterocycles. The number of rotatable bonds is 5. The van der Waals surface area contributed by atoms with Crippen molar-refractivity contribution < 1.29 is 4.79 Å². The highest BCUT2D eigenvalue weighted by atomic mass is 35.5. The average molecular weight is 464 g/mol. The molecule has 1 aromatic heterocycles. The third-order valence-electron chi connectivity index (χ3n) is 4.90. The second-order valence-electron chi connectivity index (χ2n) is 8.40. The number of nitriles is 1. The van der Waals surface area contributed by atoms with Crippen LogP contribution >= 0.6 is 23.2 Å². The summed E-state index contributed by atoms with van der Waals surface area (Å²) >= 11 is 11.9. The maximum Gasteiger partial charge on any atom is 0.258 e. The van der Waals surface area contributed by atoms with Gasteiger partial charge in [-0.2, -0.15) is 5.26 Å². The molecule has 0 aliphatic carbocycles. The fourth-order valence-corrected chi connectivity index (χ4v) is 3.70. The summed E-state index contributed by atoms with van der Waals surface area (Å²) < 4.78 is 0. The molecule has 0 saturated heterocycles. The molecule has 162 valence electrons.